The number of hydrogen-bond acceptors (Lipinski definition) is 4. The average molecular weight is 311 g/mol. The van der Waals surface area contributed by atoms with Crippen LogP contribution in [0.5, 0.6) is 11.5 Å². The summed E-state index contributed by atoms with van der Waals surface area (Å²) in [6.45, 7) is 0.0929. The van der Waals surface area contributed by atoms with Crippen molar-refractivity contribution in [2.45, 2.75) is 11.5 Å². The van der Waals surface area contributed by atoms with Gasteiger partial charge in [-0.05, 0) is 24.3 Å². The minimum absolute atomic E-state index is 0.0618. The second kappa shape index (κ2) is 6.11. The van der Waals surface area contributed by atoms with Crippen LogP contribution in [0.3, 0.4) is 0 Å². The number of sulfonamides is 1. The number of methoxy groups -OCH3 is 1. The van der Waals surface area contributed by atoms with E-state index < -0.39 is 15.8 Å². The van der Waals surface area contributed by atoms with E-state index in [0.717, 1.165) is 11.6 Å². The zero-order chi connectivity index (χ0) is 15.5. The Balaban J connectivity index is 2.17. The standard InChI is InChI=1S/C14H14FNO4S/c1-19-13-5-3-2-4-10(13)9-20-14-7-6-11(8-12(14)15)21(16,17)18/h2-8H,9H2,1H3,(H2,16,17,18). The van der Waals surface area contributed by atoms with Crippen molar-refractivity contribution < 1.29 is 22.3 Å². The second-order valence-electron chi connectivity index (χ2n) is 4.24. The Kier molecular flexibility index (Phi) is 4.44. The lowest BCUT2D eigenvalue weighted by molar-refractivity contribution is 0.282. The summed E-state index contributed by atoms with van der Waals surface area (Å²) in [5.74, 6) is -0.233. The van der Waals surface area contributed by atoms with Crippen molar-refractivity contribution in [3.63, 3.8) is 0 Å². The first-order chi connectivity index (χ1) is 9.91. The molecule has 7 heteroatoms. The van der Waals surface area contributed by atoms with Crippen LogP contribution >= 0.6 is 0 Å². The van der Waals surface area contributed by atoms with E-state index in [1.165, 1.54) is 19.2 Å². The Bertz CT molecular complexity index is 746. The third-order valence-corrected chi connectivity index (χ3v) is 3.72. The lowest BCUT2D eigenvalue weighted by Gasteiger charge is -2.11. The smallest absolute Gasteiger partial charge is 0.238 e. The predicted octanol–water partition coefficient (Wildman–Crippen LogP) is 2.06. The molecule has 0 aromatic heterocycles. The van der Waals surface area contributed by atoms with E-state index in [-0.39, 0.29) is 17.3 Å². The summed E-state index contributed by atoms with van der Waals surface area (Å²) >= 11 is 0. The van der Waals surface area contributed by atoms with Crippen molar-refractivity contribution in [3.05, 3.63) is 53.8 Å². The highest BCUT2D eigenvalue weighted by molar-refractivity contribution is 7.89. The van der Waals surface area contributed by atoms with Gasteiger partial charge in [0.15, 0.2) is 11.6 Å². The Morgan fingerprint density at radius 3 is 2.48 bits per heavy atom. The molecule has 2 aromatic carbocycles. The van der Waals surface area contributed by atoms with Gasteiger partial charge in [-0.15, -0.1) is 0 Å². The Morgan fingerprint density at radius 2 is 1.86 bits per heavy atom. The van der Waals surface area contributed by atoms with Gasteiger partial charge in [-0.3, -0.25) is 0 Å². The van der Waals surface area contributed by atoms with Gasteiger partial charge in [0.1, 0.15) is 12.4 Å². The number of para-hydroxylation sites is 1. The molecule has 0 spiro atoms. The Hall–Kier alpha value is -2.12. The first-order valence-corrected chi connectivity index (χ1v) is 7.53. The highest BCUT2D eigenvalue weighted by Crippen LogP contribution is 2.24. The van der Waals surface area contributed by atoms with Gasteiger partial charge in [0.2, 0.25) is 10.0 Å². The van der Waals surface area contributed by atoms with Crippen molar-refractivity contribution >= 4 is 10.0 Å². The average Bonchev–Trinajstić information content (AvgIpc) is 2.45. The molecular formula is C14H14FNO4S. The van der Waals surface area contributed by atoms with E-state index in [4.69, 9.17) is 14.6 Å². The maximum Gasteiger partial charge on any atom is 0.238 e. The van der Waals surface area contributed by atoms with Gasteiger partial charge in [-0.2, -0.15) is 0 Å². The molecule has 0 bridgehead atoms. The van der Waals surface area contributed by atoms with Gasteiger partial charge in [-0.25, -0.2) is 17.9 Å². The highest BCUT2D eigenvalue weighted by atomic mass is 32.2. The SMILES string of the molecule is COc1ccccc1COc1ccc(S(N)(=O)=O)cc1F. The van der Waals surface area contributed by atoms with Crippen LogP contribution in [0, 0.1) is 5.82 Å². The minimum Gasteiger partial charge on any atom is -0.496 e. The van der Waals surface area contributed by atoms with E-state index in [1.54, 1.807) is 12.1 Å². The van der Waals surface area contributed by atoms with Gasteiger partial charge in [0.05, 0.1) is 12.0 Å². The molecule has 0 saturated heterocycles. The van der Waals surface area contributed by atoms with Crippen LogP contribution in [0.4, 0.5) is 4.39 Å². The number of benzene rings is 2. The van der Waals surface area contributed by atoms with E-state index in [0.29, 0.717) is 5.75 Å². The third kappa shape index (κ3) is 3.71. The number of rotatable bonds is 5. The highest BCUT2D eigenvalue weighted by Gasteiger charge is 2.13. The summed E-state index contributed by atoms with van der Waals surface area (Å²) < 4.78 is 46.5. The van der Waals surface area contributed by atoms with E-state index in [1.807, 2.05) is 12.1 Å². The first-order valence-electron chi connectivity index (χ1n) is 5.99. The molecule has 0 saturated carbocycles. The summed E-state index contributed by atoms with van der Waals surface area (Å²) in [5, 5.41) is 4.93. The zero-order valence-corrected chi connectivity index (χ0v) is 12.1. The molecule has 0 heterocycles. The fourth-order valence-corrected chi connectivity index (χ4v) is 2.28. The minimum atomic E-state index is -3.94. The summed E-state index contributed by atoms with van der Waals surface area (Å²) in [6, 6.07) is 10.4. The van der Waals surface area contributed by atoms with Crippen molar-refractivity contribution in [2.75, 3.05) is 7.11 Å². The summed E-state index contributed by atoms with van der Waals surface area (Å²) in [4.78, 5) is -0.301. The van der Waals surface area contributed by atoms with Gasteiger partial charge >= 0.3 is 0 Å². The molecule has 0 radical (unpaired) electrons. The molecule has 2 rings (SSSR count). The molecule has 0 unspecified atom stereocenters. The number of hydrogen-bond donors (Lipinski definition) is 1. The molecule has 2 aromatic rings. The molecule has 0 aliphatic carbocycles. The van der Waals surface area contributed by atoms with Crippen LogP contribution < -0.4 is 14.6 Å². The predicted molar refractivity (Wildman–Crippen MR) is 75.1 cm³/mol. The fraction of sp³-hybridized carbons (Fsp3) is 0.143. The van der Waals surface area contributed by atoms with Gasteiger partial charge in [0.25, 0.3) is 0 Å². The summed E-state index contributed by atoms with van der Waals surface area (Å²) in [6.07, 6.45) is 0. The lowest BCUT2D eigenvalue weighted by atomic mass is 10.2. The van der Waals surface area contributed by atoms with Crippen molar-refractivity contribution in [1.82, 2.24) is 0 Å². The molecule has 0 amide bonds. The summed E-state index contributed by atoms with van der Waals surface area (Å²) in [5.41, 5.74) is 0.745. The molecule has 5 nitrogen and oxygen atoms in total. The van der Waals surface area contributed by atoms with Crippen molar-refractivity contribution in [3.8, 4) is 11.5 Å². The van der Waals surface area contributed by atoms with Crippen LogP contribution in [0.1, 0.15) is 5.56 Å². The molecule has 0 aliphatic heterocycles. The van der Waals surface area contributed by atoms with Crippen LogP contribution in [-0.2, 0) is 16.6 Å². The fourth-order valence-electron chi connectivity index (χ4n) is 1.75. The van der Waals surface area contributed by atoms with Crippen molar-refractivity contribution in [2.24, 2.45) is 5.14 Å². The van der Waals surface area contributed by atoms with Crippen LogP contribution in [0.2, 0.25) is 0 Å². The molecule has 112 valence electrons. The number of halogens is 1. The van der Waals surface area contributed by atoms with E-state index in [2.05, 4.69) is 0 Å². The zero-order valence-electron chi connectivity index (χ0n) is 11.2. The molecule has 0 aliphatic rings. The Labute approximate surface area is 122 Å². The van der Waals surface area contributed by atoms with Crippen LogP contribution in [0.25, 0.3) is 0 Å². The monoisotopic (exact) mass is 311 g/mol. The van der Waals surface area contributed by atoms with Crippen LogP contribution in [-0.4, -0.2) is 15.5 Å². The number of primary sulfonamides is 1. The van der Waals surface area contributed by atoms with E-state index in [9.17, 15) is 12.8 Å². The lowest BCUT2D eigenvalue weighted by Crippen LogP contribution is -2.12. The first kappa shape index (κ1) is 15.3. The maximum absolute atomic E-state index is 13.8. The molecule has 2 N–H and O–H groups in total. The van der Waals surface area contributed by atoms with Crippen LogP contribution in [0.15, 0.2) is 47.4 Å². The van der Waals surface area contributed by atoms with Gasteiger partial charge < -0.3 is 9.47 Å². The number of ether oxygens (including phenoxy) is 2. The molecule has 0 fully saturated rings. The normalized spacial score (nSPS) is 11.2. The van der Waals surface area contributed by atoms with Crippen molar-refractivity contribution in [1.29, 1.82) is 0 Å². The second-order valence-corrected chi connectivity index (χ2v) is 5.80. The van der Waals surface area contributed by atoms with Gasteiger partial charge in [0, 0.05) is 5.56 Å². The maximum atomic E-state index is 13.8. The largest absolute Gasteiger partial charge is 0.496 e. The topological polar surface area (TPSA) is 78.6 Å². The summed E-state index contributed by atoms with van der Waals surface area (Å²) in [7, 11) is -2.41. The quantitative estimate of drug-likeness (QED) is 0.916. The third-order valence-electron chi connectivity index (χ3n) is 2.81. The molecule has 0 atom stereocenters. The molecular weight excluding hydrogens is 297 g/mol. The Morgan fingerprint density at radius 1 is 1.14 bits per heavy atom. The van der Waals surface area contributed by atoms with E-state index >= 15 is 0 Å². The number of nitrogens with two attached hydrogens (primary N) is 1. The van der Waals surface area contributed by atoms with Gasteiger partial charge in [-0.1, -0.05) is 18.2 Å². The molecule has 21 heavy (non-hydrogen) atoms.